The van der Waals surface area contributed by atoms with Crippen molar-refractivity contribution in [1.82, 2.24) is 20.6 Å². The summed E-state index contributed by atoms with van der Waals surface area (Å²) in [7, 11) is 1.82. The van der Waals surface area contributed by atoms with Crippen molar-refractivity contribution in [3.05, 3.63) is 51.6 Å². The summed E-state index contributed by atoms with van der Waals surface area (Å²) in [5, 5.41) is 11.5. The highest BCUT2D eigenvalue weighted by Crippen LogP contribution is 2.19. The molecule has 3 aromatic rings. The van der Waals surface area contributed by atoms with Crippen LogP contribution in [0.3, 0.4) is 0 Å². The SMILES string of the molecule is CN=C(NCCCCc1nc(C)cs1)NCCc1c[nH]c2cc(C)ccc12. The lowest BCUT2D eigenvalue weighted by atomic mass is 10.1. The van der Waals surface area contributed by atoms with Crippen LogP contribution in [0.2, 0.25) is 0 Å². The van der Waals surface area contributed by atoms with Crippen molar-refractivity contribution in [3.8, 4) is 0 Å². The van der Waals surface area contributed by atoms with Gasteiger partial charge in [0.2, 0.25) is 0 Å². The summed E-state index contributed by atoms with van der Waals surface area (Å²) in [6.07, 6.45) is 6.40. The van der Waals surface area contributed by atoms with Crippen molar-refractivity contribution >= 4 is 28.2 Å². The Balaban J connectivity index is 1.36. The summed E-state index contributed by atoms with van der Waals surface area (Å²) >= 11 is 1.76. The van der Waals surface area contributed by atoms with Crippen LogP contribution in [0.5, 0.6) is 0 Å². The molecule has 144 valence electrons. The molecule has 0 amide bonds. The molecular formula is C21H29N5S. The average Bonchev–Trinajstić information content (AvgIpc) is 3.25. The number of aromatic nitrogens is 2. The van der Waals surface area contributed by atoms with Gasteiger partial charge in [0.1, 0.15) is 0 Å². The number of hydrogen-bond acceptors (Lipinski definition) is 3. The van der Waals surface area contributed by atoms with Crippen molar-refractivity contribution in [2.75, 3.05) is 20.1 Å². The summed E-state index contributed by atoms with van der Waals surface area (Å²) in [6, 6.07) is 6.56. The van der Waals surface area contributed by atoms with E-state index in [1.807, 2.05) is 7.05 Å². The van der Waals surface area contributed by atoms with Crippen molar-refractivity contribution in [3.63, 3.8) is 0 Å². The van der Waals surface area contributed by atoms with Crippen LogP contribution >= 0.6 is 11.3 Å². The van der Waals surface area contributed by atoms with Crippen LogP contribution in [0.4, 0.5) is 0 Å². The lowest BCUT2D eigenvalue weighted by molar-refractivity contribution is 0.691. The summed E-state index contributed by atoms with van der Waals surface area (Å²) in [5.74, 6) is 0.871. The smallest absolute Gasteiger partial charge is 0.190 e. The third-order valence-corrected chi connectivity index (χ3v) is 5.64. The zero-order chi connectivity index (χ0) is 19.1. The highest BCUT2D eigenvalue weighted by atomic mass is 32.1. The van der Waals surface area contributed by atoms with Crippen molar-refractivity contribution in [1.29, 1.82) is 0 Å². The minimum Gasteiger partial charge on any atom is -0.361 e. The monoisotopic (exact) mass is 383 g/mol. The Labute approximate surface area is 165 Å². The van der Waals surface area contributed by atoms with Gasteiger partial charge in [-0.3, -0.25) is 4.99 Å². The average molecular weight is 384 g/mol. The Hall–Kier alpha value is -2.34. The fourth-order valence-electron chi connectivity index (χ4n) is 3.17. The zero-order valence-electron chi connectivity index (χ0n) is 16.4. The molecule has 2 aromatic heterocycles. The first-order valence-corrected chi connectivity index (χ1v) is 10.5. The molecule has 2 heterocycles. The molecule has 3 rings (SSSR count). The highest BCUT2D eigenvalue weighted by molar-refractivity contribution is 7.09. The quantitative estimate of drug-likeness (QED) is 0.313. The van der Waals surface area contributed by atoms with E-state index in [0.29, 0.717) is 0 Å². The van der Waals surface area contributed by atoms with E-state index in [4.69, 9.17) is 0 Å². The lowest BCUT2D eigenvalue weighted by Gasteiger charge is -2.11. The highest BCUT2D eigenvalue weighted by Gasteiger charge is 2.04. The van der Waals surface area contributed by atoms with Gasteiger partial charge in [-0.15, -0.1) is 11.3 Å². The molecule has 0 aliphatic carbocycles. The standard InChI is InChI=1S/C21H29N5S/c1-15-7-8-18-17(13-25-19(18)12-15)9-11-24-21(22-3)23-10-5-4-6-20-26-16(2)14-27-20/h7-8,12-14,25H,4-6,9-11H2,1-3H3,(H2,22,23,24). The first kappa shape index (κ1) is 19.4. The van der Waals surface area contributed by atoms with Gasteiger partial charge in [0.15, 0.2) is 5.96 Å². The van der Waals surface area contributed by atoms with Gasteiger partial charge < -0.3 is 15.6 Å². The molecule has 0 atom stereocenters. The van der Waals surface area contributed by atoms with Gasteiger partial charge in [0.25, 0.3) is 0 Å². The Bertz CT molecular complexity index is 893. The van der Waals surface area contributed by atoms with Crippen LogP contribution < -0.4 is 10.6 Å². The molecule has 0 radical (unpaired) electrons. The van der Waals surface area contributed by atoms with Gasteiger partial charge in [0.05, 0.1) is 5.01 Å². The summed E-state index contributed by atoms with van der Waals surface area (Å²) in [4.78, 5) is 12.2. The zero-order valence-corrected chi connectivity index (χ0v) is 17.2. The predicted octanol–water partition coefficient (Wildman–Crippen LogP) is 3.97. The molecule has 0 aliphatic heterocycles. The molecular weight excluding hydrogens is 354 g/mol. The molecule has 0 fully saturated rings. The minimum atomic E-state index is 0.860. The second-order valence-electron chi connectivity index (χ2n) is 6.88. The third-order valence-electron chi connectivity index (χ3n) is 4.61. The maximum atomic E-state index is 4.51. The van der Waals surface area contributed by atoms with Gasteiger partial charge in [0, 0.05) is 48.3 Å². The summed E-state index contributed by atoms with van der Waals surface area (Å²) in [5.41, 5.74) is 4.96. The van der Waals surface area contributed by atoms with Gasteiger partial charge in [-0.2, -0.15) is 0 Å². The minimum absolute atomic E-state index is 0.860. The fourth-order valence-corrected chi connectivity index (χ4v) is 3.99. The normalized spacial score (nSPS) is 11.9. The van der Waals surface area contributed by atoms with Gasteiger partial charge in [-0.25, -0.2) is 4.98 Å². The largest absolute Gasteiger partial charge is 0.361 e. The molecule has 0 spiro atoms. The number of aromatic amines is 1. The van der Waals surface area contributed by atoms with Crippen LogP contribution in [0, 0.1) is 13.8 Å². The maximum Gasteiger partial charge on any atom is 0.190 e. The Morgan fingerprint density at radius 1 is 1.15 bits per heavy atom. The Morgan fingerprint density at radius 2 is 2.00 bits per heavy atom. The number of nitrogens with one attached hydrogen (secondary N) is 3. The number of nitrogens with zero attached hydrogens (tertiary/aromatic N) is 2. The molecule has 27 heavy (non-hydrogen) atoms. The third kappa shape index (κ3) is 5.57. The number of unbranched alkanes of at least 4 members (excludes halogenated alkanes) is 1. The van der Waals surface area contributed by atoms with E-state index >= 15 is 0 Å². The molecule has 0 saturated carbocycles. The molecule has 6 heteroatoms. The second kappa shape index (κ2) is 9.55. The van der Waals surface area contributed by atoms with E-state index < -0.39 is 0 Å². The number of fused-ring (bicyclic) bond motifs is 1. The van der Waals surface area contributed by atoms with Crippen LogP contribution in [-0.4, -0.2) is 36.1 Å². The summed E-state index contributed by atoms with van der Waals surface area (Å²) < 4.78 is 0. The predicted molar refractivity (Wildman–Crippen MR) is 116 cm³/mol. The molecule has 5 nitrogen and oxygen atoms in total. The van der Waals surface area contributed by atoms with Crippen molar-refractivity contribution in [2.24, 2.45) is 4.99 Å². The molecule has 0 saturated heterocycles. The van der Waals surface area contributed by atoms with Gasteiger partial charge >= 0.3 is 0 Å². The Morgan fingerprint density at radius 3 is 2.78 bits per heavy atom. The number of aryl methyl sites for hydroxylation is 3. The first-order valence-electron chi connectivity index (χ1n) is 9.58. The number of rotatable bonds is 8. The first-order chi connectivity index (χ1) is 13.2. The fraction of sp³-hybridized carbons (Fsp3) is 0.429. The topological polar surface area (TPSA) is 65.1 Å². The van der Waals surface area contributed by atoms with Crippen LogP contribution in [0.25, 0.3) is 10.9 Å². The van der Waals surface area contributed by atoms with Crippen molar-refractivity contribution < 1.29 is 0 Å². The molecule has 1 aromatic carbocycles. The molecule has 0 aliphatic rings. The van der Waals surface area contributed by atoms with E-state index in [0.717, 1.165) is 50.4 Å². The maximum absolute atomic E-state index is 4.51. The molecule has 3 N–H and O–H groups in total. The summed E-state index contributed by atoms with van der Waals surface area (Å²) in [6.45, 7) is 5.96. The number of H-pyrrole nitrogens is 1. The molecule has 0 unspecified atom stereocenters. The van der Waals surface area contributed by atoms with Crippen LogP contribution in [0.15, 0.2) is 34.8 Å². The Kier molecular flexibility index (Phi) is 6.87. The van der Waals surface area contributed by atoms with E-state index in [9.17, 15) is 0 Å². The van der Waals surface area contributed by atoms with E-state index in [2.05, 4.69) is 69.2 Å². The number of benzene rings is 1. The van der Waals surface area contributed by atoms with Crippen molar-refractivity contribution in [2.45, 2.75) is 39.5 Å². The van der Waals surface area contributed by atoms with Gasteiger partial charge in [-0.05, 0) is 56.7 Å². The number of hydrogen-bond donors (Lipinski definition) is 3. The second-order valence-corrected chi connectivity index (χ2v) is 7.82. The van der Waals surface area contributed by atoms with E-state index in [1.165, 1.54) is 27.0 Å². The van der Waals surface area contributed by atoms with Crippen LogP contribution in [0.1, 0.15) is 34.7 Å². The molecule has 0 bridgehead atoms. The lowest BCUT2D eigenvalue weighted by Crippen LogP contribution is -2.38. The number of aliphatic imine (C=N–C) groups is 1. The number of thiazole rings is 1. The van der Waals surface area contributed by atoms with E-state index in [1.54, 1.807) is 11.3 Å². The van der Waals surface area contributed by atoms with E-state index in [-0.39, 0.29) is 0 Å². The van der Waals surface area contributed by atoms with Crippen LogP contribution in [-0.2, 0) is 12.8 Å². The van der Waals surface area contributed by atoms with Gasteiger partial charge in [-0.1, -0.05) is 12.1 Å². The number of guanidine groups is 1.